The van der Waals surface area contributed by atoms with Crippen molar-refractivity contribution in [3.05, 3.63) is 66.4 Å². The molecular formula is C21H20N6O. The summed E-state index contributed by atoms with van der Waals surface area (Å²) in [6.07, 6.45) is 5.40. The van der Waals surface area contributed by atoms with E-state index in [1.165, 1.54) is 0 Å². The van der Waals surface area contributed by atoms with Gasteiger partial charge in [-0.1, -0.05) is 18.2 Å². The van der Waals surface area contributed by atoms with Crippen LogP contribution in [0, 0.1) is 6.92 Å². The number of imidazole rings is 1. The standard InChI is InChI=1S/C21H20N6O/c1-15-6-7-19-24-18(13-27(19)12-15)21(28)26-10-8-25(9-11-26)20-16-4-2-3-5-17(16)22-14-23-20/h2-7,12-14H,8-11H2,1H3. The molecule has 0 spiro atoms. The largest absolute Gasteiger partial charge is 0.352 e. The van der Waals surface area contributed by atoms with Crippen LogP contribution in [0.3, 0.4) is 0 Å². The molecule has 140 valence electrons. The molecule has 1 fully saturated rings. The summed E-state index contributed by atoms with van der Waals surface area (Å²) in [4.78, 5) is 30.3. The Kier molecular flexibility index (Phi) is 3.93. The van der Waals surface area contributed by atoms with Gasteiger partial charge in [0.05, 0.1) is 5.52 Å². The zero-order valence-electron chi connectivity index (χ0n) is 15.6. The maximum Gasteiger partial charge on any atom is 0.274 e. The Morgan fingerprint density at radius 3 is 2.64 bits per heavy atom. The molecular weight excluding hydrogens is 352 g/mol. The van der Waals surface area contributed by atoms with E-state index >= 15 is 0 Å². The van der Waals surface area contributed by atoms with Crippen molar-refractivity contribution in [1.82, 2.24) is 24.3 Å². The quantitative estimate of drug-likeness (QED) is 0.541. The molecule has 0 aliphatic carbocycles. The van der Waals surface area contributed by atoms with Crippen LogP contribution >= 0.6 is 0 Å². The van der Waals surface area contributed by atoms with Crippen molar-refractivity contribution >= 4 is 28.3 Å². The number of aromatic nitrogens is 4. The number of fused-ring (bicyclic) bond motifs is 2. The highest BCUT2D eigenvalue weighted by Crippen LogP contribution is 2.23. The molecule has 0 atom stereocenters. The topological polar surface area (TPSA) is 66.6 Å². The van der Waals surface area contributed by atoms with Crippen molar-refractivity contribution in [3.63, 3.8) is 0 Å². The zero-order chi connectivity index (χ0) is 19.1. The molecule has 1 aliphatic heterocycles. The fourth-order valence-electron chi connectivity index (χ4n) is 3.73. The molecule has 0 bridgehead atoms. The molecule has 3 aromatic heterocycles. The first-order chi connectivity index (χ1) is 13.7. The number of rotatable bonds is 2. The number of benzene rings is 1. The van der Waals surface area contributed by atoms with Crippen LogP contribution in [0.1, 0.15) is 16.1 Å². The van der Waals surface area contributed by atoms with Gasteiger partial charge in [-0.2, -0.15) is 0 Å². The highest BCUT2D eigenvalue weighted by molar-refractivity contribution is 5.93. The molecule has 1 saturated heterocycles. The van der Waals surface area contributed by atoms with Crippen LogP contribution in [0.15, 0.2) is 55.1 Å². The minimum atomic E-state index is -0.0199. The average Bonchev–Trinajstić information content (AvgIpc) is 3.16. The van der Waals surface area contributed by atoms with E-state index in [0.29, 0.717) is 18.8 Å². The lowest BCUT2D eigenvalue weighted by Crippen LogP contribution is -2.49. The van der Waals surface area contributed by atoms with E-state index in [2.05, 4.69) is 19.9 Å². The molecule has 1 aliphatic rings. The van der Waals surface area contributed by atoms with E-state index < -0.39 is 0 Å². The minimum Gasteiger partial charge on any atom is -0.352 e. The third kappa shape index (κ3) is 2.85. The number of aryl methyl sites for hydroxylation is 1. The highest BCUT2D eigenvalue weighted by atomic mass is 16.2. The number of piperazine rings is 1. The van der Waals surface area contributed by atoms with Crippen molar-refractivity contribution < 1.29 is 4.79 Å². The Hall–Kier alpha value is -3.48. The summed E-state index contributed by atoms with van der Waals surface area (Å²) in [5.41, 5.74) is 3.35. The number of hydrogen-bond donors (Lipinski definition) is 0. The molecule has 4 aromatic rings. The lowest BCUT2D eigenvalue weighted by Gasteiger charge is -2.35. The summed E-state index contributed by atoms with van der Waals surface area (Å²) in [6, 6.07) is 11.9. The van der Waals surface area contributed by atoms with Gasteiger partial charge in [0.15, 0.2) is 0 Å². The van der Waals surface area contributed by atoms with Crippen molar-refractivity contribution in [2.75, 3.05) is 31.1 Å². The van der Waals surface area contributed by atoms with Crippen molar-refractivity contribution in [2.45, 2.75) is 6.92 Å². The maximum atomic E-state index is 12.9. The lowest BCUT2D eigenvalue weighted by molar-refractivity contribution is 0.0741. The molecule has 0 saturated carbocycles. The monoisotopic (exact) mass is 372 g/mol. The predicted molar refractivity (Wildman–Crippen MR) is 108 cm³/mol. The number of hydrogen-bond acceptors (Lipinski definition) is 5. The van der Waals surface area contributed by atoms with E-state index in [0.717, 1.165) is 41.0 Å². The summed E-state index contributed by atoms with van der Waals surface area (Å²) in [6.45, 7) is 4.78. The third-order valence-electron chi connectivity index (χ3n) is 5.21. The Morgan fingerprint density at radius 1 is 0.964 bits per heavy atom. The summed E-state index contributed by atoms with van der Waals surface area (Å²) in [7, 11) is 0. The zero-order valence-corrected chi connectivity index (χ0v) is 15.6. The van der Waals surface area contributed by atoms with E-state index in [1.54, 1.807) is 6.33 Å². The second-order valence-electron chi connectivity index (χ2n) is 7.09. The Bertz CT molecular complexity index is 1170. The van der Waals surface area contributed by atoms with Gasteiger partial charge >= 0.3 is 0 Å². The minimum absolute atomic E-state index is 0.0199. The Balaban J connectivity index is 1.34. The Labute approximate surface area is 162 Å². The SMILES string of the molecule is Cc1ccc2nc(C(=O)N3CCN(c4ncnc5ccccc45)CC3)cn2c1. The van der Waals surface area contributed by atoms with Crippen LogP contribution in [0.5, 0.6) is 0 Å². The van der Waals surface area contributed by atoms with E-state index in [-0.39, 0.29) is 5.91 Å². The number of nitrogens with zero attached hydrogens (tertiary/aromatic N) is 6. The van der Waals surface area contributed by atoms with Crippen LogP contribution in [-0.2, 0) is 0 Å². The molecule has 0 unspecified atom stereocenters. The fourth-order valence-corrected chi connectivity index (χ4v) is 3.73. The van der Waals surface area contributed by atoms with Crippen LogP contribution < -0.4 is 4.90 Å². The average molecular weight is 372 g/mol. The smallest absolute Gasteiger partial charge is 0.274 e. The molecule has 4 heterocycles. The van der Waals surface area contributed by atoms with E-state index in [1.807, 2.05) is 65.0 Å². The van der Waals surface area contributed by atoms with Crippen LogP contribution in [-0.4, -0.2) is 56.3 Å². The highest BCUT2D eigenvalue weighted by Gasteiger charge is 2.25. The first kappa shape index (κ1) is 16.7. The molecule has 5 rings (SSSR count). The number of carbonyl (C=O) groups is 1. The lowest BCUT2D eigenvalue weighted by atomic mass is 10.2. The summed E-state index contributed by atoms with van der Waals surface area (Å²) in [5, 5.41) is 1.04. The summed E-state index contributed by atoms with van der Waals surface area (Å²) >= 11 is 0. The molecule has 7 nitrogen and oxygen atoms in total. The van der Waals surface area contributed by atoms with Crippen LogP contribution in [0.2, 0.25) is 0 Å². The van der Waals surface area contributed by atoms with Gasteiger partial charge in [0, 0.05) is 44.0 Å². The van der Waals surface area contributed by atoms with Crippen molar-refractivity contribution in [2.24, 2.45) is 0 Å². The summed E-state index contributed by atoms with van der Waals surface area (Å²) in [5.74, 6) is 0.912. The first-order valence-corrected chi connectivity index (χ1v) is 9.38. The fraction of sp³-hybridized carbons (Fsp3) is 0.238. The van der Waals surface area contributed by atoms with Gasteiger partial charge in [-0.05, 0) is 30.7 Å². The van der Waals surface area contributed by atoms with Gasteiger partial charge in [-0.3, -0.25) is 4.79 Å². The van der Waals surface area contributed by atoms with Crippen LogP contribution in [0.4, 0.5) is 5.82 Å². The second kappa shape index (κ2) is 6.60. The van der Waals surface area contributed by atoms with Gasteiger partial charge in [0.2, 0.25) is 0 Å². The summed E-state index contributed by atoms with van der Waals surface area (Å²) < 4.78 is 1.91. The van der Waals surface area contributed by atoms with Gasteiger partial charge in [0.25, 0.3) is 5.91 Å². The van der Waals surface area contributed by atoms with Gasteiger partial charge in [-0.25, -0.2) is 15.0 Å². The maximum absolute atomic E-state index is 12.9. The van der Waals surface area contributed by atoms with Gasteiger partial charge < -0.3 is 14.2 Å². The van der Waals surface area contributed by atoms with Crippen molar-refractivity contribution in [1.29, 1.82) is 0 Å². The van der Waals surface area contributed by atoms with Gasteiger partial charge in [-0.15, -0.1) is 0 Å². The van der Waals surface area contributed by atoms with E-state index in [4.69, 9.17) is 0 Å². The Morgan fingerprint density at radius 2 is 1.79 bits per heavy atom. The number of amides is 1. The molecule has 1 aromatic carbocycles. The predicted octanol–water partition coefficient (Wildman–Crippen LogP) is 2.55. The number of para-hydroxylation sites is 1. The molecule has 0 radical (unpaired) electrons. The number of anilines is 1. The number of carbonyl (C=O) groups excluding carboxylic acids is 1. The van der Waals surface area contributed by atoms with Crippen molar-refractivity contribution in [3.8, 4) is 0 Å². The molecule has 28 heavy (non-hydrogen) atoms. The number of pyridine rings is 1. The molecule has 1 amide bonds. The first-order valence-electron chi connectivity index (χ1n) is 9.38. The van der Waals surface area contributed by atoms with Gasteiger partial charge in [0.1, 0.15) is 23.5 Å². The third-order valence-corrected chi connectivity index (χ3v) is 5.21. The van der Waals surface area contributed by atoms with E-state index in [9.17, 15) is 4.79 Å². The van der Waals surface area contributed by atoms with Crippen LogP contribution in [0.25, 0.3) is 16.6 Å². The molecule has 0 N–H and O–H groups in total. The normalized spacial score (nSPS) is 14.8. The second-order valence-corrected chi connectivity index (χ2v) is 7.09. The molecule has 7 heteroatoms.